The van der Waals surface area contributed by atoms with Crippen molar-refractivity contribution in [1.29, 1.82) is 0 Å². The number of rotatable bonds is 4. The third-order valence-corrected chi connectivity index (χ3v) is 7.92. The van der Waals surface area contributed by atoms with E-state index < -0.39 is 0 Å². The molecule has 4 aliphatic rings. The molecule has 0 unspecified atom stereocenters. The molecule has 2 saturated carbocycles. The van der Waals surface area contributed by atoms with E-state index in [9.17, 15) is 4.79 Å². The van der Waals surface area contributed by atoms with E-state index in [4.69, 9.17) is 16.3 Å². The van der Waals surface area contributed by atoms with Crippen LogP contribution < -0.4 is 5.32 Å². The van der Waals surface area contributed by atoms with Gasteiger partial charge in [0.2, 0.25) is 5.91 Å². The molecule has 1 spiro atoms. The highest BCUT2D eigenvalue weighted by Gasteiger charge is 2.65. The van der Waals surface area contributed by atoms with Crippen molar-refractivity contribution in [3.05, 3.63) is 35.0 Å². The number of hydrogen-bond acceptors (Lipinski definition) is 4. The molecule has 5 nitrogen and oxygen atoms in total. The van der Waals surface area contributed by atoms with Crippen LogP contribution in [0.4, 0.5) is 5.82 Å². The summed E-state index contributed by atoms with van der Waals surface area (Å²) in [5.41, 5.74) is 1.59. The lowest BCUT2D eigenvalue weighted by atomic mass is 9.87. The predicted molar refractivity (Wildman–Crippen MR) is 113 cm³/mol. The number of hydrogen-bond donors (Lipinski definition) is 1. The van der Waals surface area contributed by atoms with Gasteiger partial charge in [0.1, 0.15) is 5.82 Å². The molecule has 1 amide bonds. The van der Waals surface area contributed by atoms with E-state index in [1.54, 1.807) is 0 Å². The minimum absolute atomic E-state index is 0.135. The van der Waals surface area contributed by atoms with Crippen LogP contribution in [0.15, 0.2) is 24.4 Å². The molecule has 1 aromatic carbocycles. The minimum Gasteiger partial charge on any atom is -0.378 e. The number of anilines is 1. The maximum absolute atomic E-state index is 12.5. The number of likely N-dealkylation sites (tertiary alicyclic amines) is 1. The number of benzene rings is 1. The highest BCUT2D eigenvalue weighted by Crippen LogP contribution is 2.70. The molecule has 2 aromatic rings. The first-order valence-corrected chi connectivity index (χ1v) is 11.2. The Morgan fingerprint density at radius 2 is 1.97 bits per heavy atom. The van der Waals surface area contributed by atoms with E-state index in [2.05, 4.69) is 21.3 Å². The molecule has 1 aromatic heterocycles. The number of nitrogens with one attached hydrogen (secondary N) is 1. The second-order valence-corrected chi connectivity index (χ2v) is 9.81. The minimum atomic E-state index is 0.135. The fourth-order valence-corrected chi connectivity index (χ4v) is 5.55. The van der Waals surface area contributed by atoms with Crippen molar-refractivity contribution in [3.63, 3.8) is 0 Å². The quantitative estimate of drug-likeness (QED) is 0.819. The zero-order chi connectivity index (χ0) is 19.6. The first-order valence-electron chi connectivity index (χ1n) is 10.8. The third-order valence-electron chi connectivity index (χ3n) is 7.59. The number of pyridine rings is 1. The Balaban J connectivity index is 1.20. The van der Waals surface area contributed by atoms with Gasteiger partial charge in [0.25, 0.3) is 0 Å². The van der Waals surface area contributed by atoms with Crippen molar-refractivity contribution in [2.45, 2.75) is 44.1 Å². The maximum Gasteiger partial charge on any atom is 0.229 e. The van der Waals surface area contributed by atoms with E-state index in [1.165, 1.54) is 18.4 Å². The average Bonchev–Trinajstić information content (AvgIpc) is 3.60. The number of carbonyl (C=O) groups excluding carboxylic acids is 1. The summed E-state index contributed by atoms with van der Waals surface area (Å²) in [6, 6.07) is 6.84. The van der Waals surface area contributed by atoms with Crippen LogP contribution >= 0.6 is 11.6 Å². The van der Waals surface area contributed by atoms with Crippen LogP contribution in [0.2, 0.25) is 5.02 Å². The standard InChI is InChI=1S/C23H26ClN3O2/c24-20-8-16-11-25-21(26-22(28)19-10-23(19)3-4-23)9-15(16)7-18(20)14-1-5-27(6-2-14)17-12-29-13-17/h7-9,11,14,17,19H,1-6,10,12-13H2,(H,25,26,28)/t19-/m1/s1. The summed E-state index contributed by atoms with van der Waals surface area (Å²) in [5.74, 6) is 1.47. The largest absolute Gasteiger partial charge is 0.378 e. The van der Waals surface area contributed by atoms with Crippen LogP contribution in [0.5, 0.6) is 0 Å². The summed E-state index contributed by atoms with van der Waals surface area (Å²) in [5, 5.41) is 5.98. The molecule has 2 aliphatic heterocycles. The molecule has 4 fully saturated rings. The van der Waals surface area contributed by atoms with E-state index >= 15 is 0 Å². The molecule has 29 heavy (non-hydrogen) atoms. The Kier molecular flexibility index (Phi) is 4.16. The molecule has 3 heterocycles. The number of ether oxygens (including phenoxy) is 1. The number of aromatic nitrogens is 1. The zero-order valence-corrected chi connectivity index (χ0v) is 17.3. The highest BCUT2D eigenvalue weighted by molar-refractivity contribution is 6.32. The molecule has 0 radical (unpaired) electrons. The van der Waals surface area contributed by atoms with Gasteiger partial charge in [0.15, 0.2) is 0 Å². The molecule has 0 bridgehead atoms. The Labute approximate surface area is 175 Å². The fraction of sp³-hybridized carbons (Fsp3) is 0.565. The van der Waals surface area contributed by atoms with Crippen molar-refractivity contribution in [3.8, 4) is 0 Å². The Bertz CT molecular complexity index is 977. The zero-order valence-electron chi connectivity index (χ0n) is 16.5. The molecule has 6 rings (SSSR count). The lowest BCUT2D eigenvalue weighted by Gasteiger charge is -2.41. The predicted octanol–water partition coefficient (Wildman–Crippen LogP) is 4.21. The van der Waals surface area contributed by atoms with Crippen molar-refractivity contribution < 1.29 is 9.53 Å². The van der Waals surface area contributed by atoms with Gasteiger partial charge in [-0.3, -0.25) is 9.69 Å². The average molecular weight is 412 g/mol. The molecule has 152 valence electrons. The Hall–Kier alpha value is -1.69. The van der Waals surface area contributed by atoms with Crippen molar-refractivity contribution >= 4 is 34.1 Å². The smallest absolute Gasteiger partial charge is 0.229 e. The van der Waals surface area contributed by atoms with Gasteiger partial charge in [-0.2, -0.15) is 0 Å². The van der Waals surface area contributed by atoms with Crippen LogP contribution in [-0.2, 0) is 9.53 Å². The van der Waals surface area contributed by atoms with E-state index in [0.717, 1.165) is 61.4 Å². The summed E-state index contributed by atoms with van der Waals surface area (Å²) in [6.45, 7) is 3.97. The van der Waals surface area contributed by atoms with Crippen LogP contribution in [-0.4, -0.2) is 48.1 Å². The second kappa shape index (κ2) is 6.66. The third kappa shape index (κ3) is 3.24. The molecular weight excluding hydrogens is 386 g/mol. The van der Waals surface area contributed by atoms with E-state index in [-0.39, 0.29) is 11.8 Å². The Morgan fingerprint density at radius 3 is 2.62 bits per heavy atom. The van der Waals surface area contributed by atoms with Gasteiger partial charge < -0.3 is 10.1 Å². The molecule has 6 heteroatoms. The summed E-state index contributed by atoms with van der Waals surface area (Å²) < 4.78 is 5.34. The number of halogens is 1. The van der Waals surface area contributed by atoms with Gasteiger partial charge in [-0.05, 0) is 85.7 Å². The Morgan fingerprint density at radius 1 is 1.17 bits per heavy atom. The lowest BCUT2D eigenvalue weighted by molar-refractivity contribution is -0.117. The van der Waals surface area contributed by atoms with Crippen LogP contribution in [0.25, 0.3) is 10.8 Å². The normalized spacial score (nSPS) is 26.4. The van der Waals surface area contributed by atoms with E-state index in [1.807, 2.05) is 18.3 Å². The number of amides is 1. The lowest BCUT2D eigenvalue weighted by Crippen LogP contribution is -2.51. The first-order chi connectivity index (χ1) is 14.1. The number of fused-ring (bicyclic) bond motifs is 1. The van der Waals surface area contributed by atoms with Crippen molar-refractivity contribution in [1.82, 2.24) is 9.88 Å². The first kappa shape index (κ1) is 18.1. The molecule has 1 atom stereocenters. The number of carbonyl (C=O) groups is 1. The van der Waals surface area contributed by atoms with Crippen molar-refractivity contribution in [2.75, 3.05) is 31.6 Å². The fourth-order valence-electron chi connectivity index (χ4n) is 5.22. The van der Waals surface area contributed by atoms with Gasteiger partial charge in [-0.25, -0.2) is 4.98 Å². The SMILES string of the molecule is O=C(Nc1cc2cc(C3CCN(C4COC4)CC3)c(Cl)cc2cn1)[C@H]1CC12CC2. The summed E-state index contributed by atoms with van der Waals surface area (Å²) in [4.78, 5) is 19.5. The van der Waals surface area contributed by atoms with Gasteiger partial charge in [0, 0.05) is 22.5 Å². The van der Waals surface area contributed by atoms with Gasteiger partial charge in [-0.1, -0.05) is 11.6 Å². The number of piperidine rings is 1. The van der Waals surface area contributed by atoms with E-state index in [0.29, 0.717) is 23.2 Å². The summed E-state index contributed by atoms with van der Waals surface area (Å²) >= 11 is 6.66. The van der Waals surface area contributed by atoms with Gasteiger partial charge in [0.05, 0.1) is 19.3 Å². The molecule has 2 saturated heterocycles. The van der Waals surface area contributed by atoms with Crippen LogP contribution in [0, 0.1) is 11.3 Å². The van der Waals surface area contributed by atoms with Gasteiger partial charge >= 0.3 is 0 Å². The van der Waals surface area contributed by atoms with Crippen LogP contribution in [0.1, 0.15) is 43.6 Å². The highest BCUT2D eigenvalue weighted by atomic mass is 35.5. The molecular formula is C23H26ClN3O2. The van der Waals surface area contributed by atoms with Gasteiger partial charge in [-0.15, -0.1) is 0 Å². The second-order valence-electron chi connectivity index (χ2n) is 9.40. The van der Waals surface area contributed by atoms with Crippen LogP contribution in [0.3, 0.4) is 0 Å². The topological polar surface area (TPSA) is 54.5 Å². The molecule has 2 aliphatic carbocycles. The monoisotopic (exact) mass is 411 g/mol. The maximum atomic E-state index is 12.5. The van der Waals surface area contributed by atoms with Crippen molar-refractivity contribution in [2.24, 2.45) is 11.3 Å². The molecule has 1 N–H and O–H groups in total. The summed E-state index contributed by atoms with van der Waals surface area (Å²) in [6.07, 6.45) is 7.55. The number of nitrogens with zero attached hydrogens (tertiary/aromatic N) is 2. The summed E-state index contributed by atoms with van der Waals surface area (Å²) in [7, 11) is 0.